The number of aliphatic imine (C=N–C) groups is 1. The zero-order valence-electron chi connectivity index (χ0n) is 11.2. The molecule has 0 bridgehead atoms. The zero-order chi connectivity index (χ0) is 12.8. The minimum Gasteiger partial charge on any atom is -0.370 e. The lowest BCUT2D eigenvalue weighted by atomic mass is 10.1. The fourth-order valence-corrected chi connectivity index (χ4v) is 2.38. The lowest BCUT2D eigenvalue weighted by Gasteiger charge is -2.19. The first kappa shape index (κ1) is 12.9. The summed E-state index contributed by atoms with van der Waals surface area (Å²) in [4.78, 5) is 6.67. The maximum Gasteiger partial charge on any atom is 0.191 e. The lowest BCUT2D eigenvalue weighted by molar-refractivity contribution is 0.494. The quantitative estimate of drug-likeness (QED) is 0.654. The van der Waals surface area contributed by atoms with Crippen molar-refractivity contribution < 1.29 is 0 Å². The second kappa shape index (κ2) is 6.43. The number of likely N-dealkylation sites (N-methyl/N-ethyl adjacent to an activating group) is 1. The van der Waals surface area contributed by atoms with E-state index in [4.69, 9.17) is 5.73 Å². The predicted octanol–water partition coefficient (Wildman–Crippen LogP) is 2.42. The predicted molar refractivity (Wildman–Crippen MR) is 76.7 cm³/mol. The van der Waals surface area contributed by atoms with Crippen LogP contribution >= 0.6 is 0 Å². The molecule has 0 radical (unpaired) electrons. The van der Waals surface area contributed by atoms with Crippen molar-refractivity contribution in [3.63, 3.8) is 0 Å². The Morgan fingerprint density at radius 3 is 2.61 bits per heavy atom. The van der Waals surface area contributed by atoms with Gasteiger partial charge in [0.1, 0.15) is 0 Å². The van der Waals surface area contributed by atoms with Crippen LogP contribution in [0.3, 0.4) is 0 Å². The number of hydrogen-bond acceptors (Lipinski definition) is 1. The molecule has 1 aliphatic rings. The molecule has 1 saturated carbocycles. The highest BCUT2D eigenvalue weighted by atomic mass is 15.2. The van der Waals surface area contributed by atoms with Gasteiger partial charge in [0.15, 0.2) is 5.96 Å². The summed E-state index contributed by atoms with van der Waals surface area (Å²) in [5.41, 5.74) is 7.38. The van der Waals surface area contributed by atoms with E-state index in [1.807, 2.05) is 13.1 Å². The Labute approximate surface area is 110 Å². The van der Waals surface area contributed by atoms with Gasteiger partial charge in [-0.25, -0.2) is 4.99 Å². The SMILES string of the molecule is CN(CCc1ccccc1)C(N)=NC1CCCC1. The van der Waals surface area contributed by atoms with Crippen LogP contribution < -0.4 is 5.73 Å². The van der Waals surface area contributed by atoms with Gasteiger partial charge < -0.3 is 10.6 Å². The summed E-state index contributed by atoms with van der Waals surface area (Å²) in [6.45, 7) is 0.923. The van der Waals surface area contributed by atoms with Crippen LogP contribution in [0.5, 0.6) is 0 Å². The van der Waals surface area contributed by atoms with E-state index in [9.17, 15) is 0 Å². The highest BCUT2D eigenvalue weighted by Crippen LogP contribution is 2.20. The molecule has 0 spiro atoms. The molecular formula is C15H23N3. The van der Waals surface area contributed by atoms with Crippen molar-refractivity contribution in [3.8, 4) is 0 Å². The maximum atomic E-state index is 6.04. The van der Waals surface area contributed by atoms with Gasteiger partial charge in [0.2, 0.25) is 0 Å². The molecule has 0 atom stereocenters. The van der Waals surface area contributed by atoms with Crippen molar-refractivity contribution in [1.29, 1.82) is 0 Å². The molecule has 18 heavy (non-hydrogen) atoms. The van der Waals surface area contributed by atoms with Crippen LogP contribution in [-0.4, -0.2) is 30.5 Å². The molecule has 2 rings (SSSR count). The number of hydrogen-bond donors (Lipinski definition) is 1. The van der Waals surface area contributed by atoms with E-state index < -0.39 is 0 Å². The van der Waals surface area contributed by atoms with Crippen LogP contribution in [0.15, 0.2) is 35.3 Å². The van der Waals surface area contributed by atoms with E-state index >= 15 is 0 Å². The van der Waals surface area contributed by atoms with Crippen LogP contribution in [-0.2, 0) is 6.42 Å². The Balaban J connectivity index is 1.81. The Kier molecular flexibility index (Phi) is 4.62. The minimum atomic E-state index is 0.462. The average molecular weight is 245 g/mol. The monoisotopic (exact) mass is 245 g/mol. The Morgan fingerprint density at radius 2 is 1.94 bits per heavy atom. The van der Waals surface area contributed by atoms with Gasteiger partial charge in [-0.05, 0) is 24.8 Å². The molecule has 3 nitrogen and oxygen atoms in total. The van der Waals surface area contributed by atoms with Gasteiger partial charge in [-0.2, -0.15) is 0 Å². The minimum absolute atomic E-state index is 0.462. The second-order valence-corrected chi connectivity index (χ2v) is 5.08. The highest BCUT2D eigenvalue weighted by molar-refractivity contribution is 5.78. The lowest BCUT2D eigenvalue weighted by Crippen LogP contribution is -2.36. The molecule has 1 aliphatic carbocycles. The van der Waals surface area contributed by atoms with Gasteiger partial charge in [-0.15, -0.1) is 0 Å². The first-order valence-electron chi connectivity index (χ1n) is 6.84. The van der Waals surface area contributed by atoms with Gasteiger partial charge in [0, 0.05) is 13.6 Å². The molecule has 2 N–H and O–H groups in total. The van der Waals surface area contributed by atoms with Crippen LogP contribution in [0, 0.1) is 0 Å². The smallest absolute Gasteiger partial charge is 0.191 e. The average Bonchev–Trinajstić information content (AvgIpc) is 2.90. The number of rotatable bonds is 4. The molecule has 0 aromatic heterocycles. The fraction of sp³-hybridized carbons (Fsp3) is 0.533. The molecule has 1 aromatic carbocycles. The molecule has 1 aromatic rings. The van der Waals surface area contributed by atoms with E-state index in [0.717, 1.165) is 13.0 Å². The van der Waals surface area contributed by atoms with Crippen molar-refractivity contribution in [3.05, 3.63) is 35.9 Å². The van der Waals surface area contributed by atoms with Gasteiger partial charge in [0.05, 0.1) is 6.04 Å². The van der Waals surface area contributed by atoms with Gasteiger partial charge in [-0.1, -0.05) is 43.2 Å². The molecular weight excluding hydrogens is 222 g/mol. The molecule has 3 heteroatoms. The summed E-state index contributed by atoms with van der Waals surface area (Å²) in [5.74, 6) is 0.692. The molecule has 98 valence electrons. The standard InChI is InChI=1S/C15H23N3/c1-18(12-11-13-7-3-2-4-8-13)15(16)17-14-9-5-6-10-14/h2-4,7-8,14H,5-6,9-12H2,1H3,(H2,16,17). The molecule has 1 fully saturated rings. The summed E-state index contributed by atoms with van der Waals surface area (Å²) >= 11 is 0. The second-order valence-electron chi connectivity index (χ2n) is 5.08. The number of nitrogens with zero attached hydrogens (tertiary/aromatic N) is 2. The number of benzene rings is 1. The van der Waals surface area contributed by atoms with E-state index in [0.29, 0.717) is 12.0 Å². The summed E-state index contributed by atoms with van der Waals surface area (Å²) in [5, 5.41) is 0. The third kappa shape index (κ3) is 3.76. The maximum absolute atomic E-state index is 6.04. The van der Waals surface area contributed by atoms with Crippen molar-refractivity contribution in [2.45, 2.75) is 38.1 Å². The first-order valence-corrected chi connectivity index (χ1v) is 6.84. The Bertz CT molecular complexity index is 380. The van der Waals surface area contributed by atoms with Gasteiger partial charge in [0.25, 0.3) is 0 Å². The molecule has 0 aliphatic heterocycles. The topological polar surface area (TPSA) is 41.6 Å². The van der Waals surface area contributed by atoms with Gasteiger partial charge in [-0.3, -0.25) is 0 Å². The van der Waals surface area contributed by atoms with Crippen LogP contribution in [0.25, 0.3) is 0 Å². The fourth-order valence-electron chi connectivity index (χ4n) is 2.38. The first-order chi connectivity index (χ1) is 8.75. The van der Waals surface area contributed by atoms with E-state index in [1.54, 1.807) is 0 Å². The van der Waals surface area contributed by atoms with E-state index in [2.05, 4.69) is 34.2 Å². The molecule has 0 saturated heterocycles. The van der Waals surface area contributed by atoms with Crippen molar-refractivity contribution in [2.24, 2.45) is 10.7 Å². The van der Waals surface area contributed by atoms with Crippen LogP contribution in [0.4, 0.5) is 0 Å². The molecule has 0 heterocycles. The number of nitrogens with two attached hydrogens (primary N) is 1. The van der Waals surface area contributed by atoms with Crippen molar-refractivity contribution in [2.75, 3.05) is 13.6 Å². The summed E-state index contributed by atoms with van der Waals surface area (Å²) in [6.07, 6.45) is 6.02. The molecule has 0 unspecified atom stereocenters. The Hall–Kier alpha value is -1.51. The normalized spacial score (nSPS) is 17.1. The highest BCUT2D eigenvalue weighted by Gasteiger charge is 2.14. The largest absolute Gasteiger partial charge is 0.370 e. The summed E-state index contributed by atoms with van der Waals surface area (Å²) in [6, 6.07) is 11.0. The van der Waals surface area contributed by atoms with Gasteiger partial charge >= 0.3 is 0 Å². The van der Waals surface area contributed by atoms with Crippen molar-refractivity contribution >= 4 is 5.96 Å². The van der Waals surface area contributed by atoms with Crippen LogP contribution in [0.2, 0.25) is 0 Å². The Morgan fingerprint density at radius 1 is 1.28 bits per heavy atom. The van der Waals surface area contributed by atoms with Crippen LogP contribution in [0.1, 0.15) is 31.2 Å². The van der Waals surface area contributed by atoms with E-state index in [-0.39, 0.29) is 0 Å². The zero-order valence-corrected chi connectivity index (χ0v) is 11.2. The van der Waals surface area contributed by atoms with Crippen molar-refractivity contribution in [1.82, 2.24) is 4.90 Å². The summed E-state index contributed by atoms with van der Waals surface area (Å²) in [7, 11) is 2.02. The third-order valence-corrected chi connectivity index (χ3v) is 3.61. The number of guanidine groups is 1. The molecule has 0 amide bonds. The third-order valence-electron chi connectivity index (χ3n) is 3.61. The summed E-state index contributed by atoms with van der Waals surface area (Å²) < 4.78 is 0. The van der Waals surface area contributed by atoms with E-state index in [1.165, 1.54) is 31.2 Å².